The molecule has 0 saturated carbocycles. The molecule has 0 aliphatic carbocycles. The third kappa shape index (κ3) is 4.63. The van der Waals surface area contributed by atoms with Gasteiger partial charge < -0.3 is 10.1 Å². The molecule has 0 spiro atoms. The second kappa shape index (κ2) is 7.43. The van der Waals surface area contributed by atoms with Crippen LogP contribution >= 0.6 is 15.9 Å². The molecule has 1 aromatic carbocycles. The average Bonchev–Trinajstić information content (AvgIpc) is 2.36. The lowest BCUT2D eigenvalue weighted by molar-refractivity contribution is -0.143. The molecule has 0 aromatic heterocycles. The van der Waals surface area contributed by atoms with Crippen LogP contribution in [-0.4, -0.2) is 25.0 Å². The molecule has 0 saturated heterocycles. The highest BCUT2D eigenvalue weighted by Gasteiger charge is 2.23. The van der Waals surface area contributed by atoms with Crippen LogP contribution in [0.4, 0.5) is 0 Å². The zero-order chi connectivity index (χ0) is 15.3. The summed E-state index contributed by atoms with van der Waals surface area (Å²) in [6, 6.07) is 4.79. The summed E-state index contributed by atoms with van der Waals surface area (Å²) >= 11 is 3.36. The predicted octanol–water partition coefficient (Wildman–Crippen LogP) is 3.08. The number of amides is 1. The first-order valence-electron chi connectivity index (χ1n) is 6.50. The van der Waals surface area contributed by atoms with Gasteiger partial charge in [0.1, 0.15) is 6.04 Å². The molecule has 0 aliphatic rings. The number of rotatable bonds is 5. The van der Waals surface area contributed by atoms with Crippen molar-refractivity contribution in [2.75, 3.05) is 7.11 Å². The van der Waals surface area contributed by atoms with E-state index >= 15 is 0 Å². The molecule has 0 bridgehead atoms. The van der Waals surface area contributed by atoms with Crippen molar-refractivity contribution >= 4 is 27.8 Å². The Morgan fingerprint density at radius 2 is 2.00 bits per heavy atom. The Balaban J connectivity index is 2.87. The molecule has 1 amide bonds. The van der Waals surface area contributed by atoms with E-state index in [4.69, 9.17) is 4.74 Å². The van der Waals surface area contributed by atoms with E-state index in [1.54, 1.807) is 12.1 Å². The van der Waals surface area contributed by atoms with Gasteiger partial charge in [-0.3, -0.25) is 4.79 Å². The SMILES string of the molecule is COC(=O)C(CC(C)C)NC(=O)c1ccc(Br)cc1C. The van der Waals surface area contributed by atoms with Gasteiger partial charge in [-0.15, -0.1) is 0 Å². The van der Waals surface area contributed by atoms with Crippen molar-refractivity contribution in [1.82, 2.24) is 5.32 Å². The molecule has 0 radical (unpaired) electrons. The van der Waals surface area contributed by atoms with E-state index in [1.807, 2.05) is 26.8 Å². The molecule has 20 heavy (non-hydrogen) atoms. The first-order valence-corrected chi connectivity index (χ1v) is 7.29. The molecular formula is C15H20BrNO3. The van der Waals surface area contributed by atoms with Crippen molar-refractivity contribution in [2.45, 2.75) is 33.2 Å². The first-order chi connectivity index (χ1) is 9.35. The molecule has 0 aliphatic heterocycles. The van der Waals surface area contributed by atoms with Gasteiger partial charge in [0, 0.05) is 10.0 Å². The van der Waals surface area contributed by atoms with Gasteiger partial charge in [-0.1, -0.05) is 29.8 Å². The Hall–Kier alpha value is -1.36. The van der Waals surface area contributed by atoms with Crippen LogP contribution in [0, 0.1) is 12.8 Å². The largest absolute Gasteiger partial charge is 0.467 e. The summed E-state index contributed by atoms with van der Waals surface area (Å²) in [5.41, 5.74) is 1.41. The summed E-state index contributed by atoms with van der Waals surface area (Å²) < 4.78 is 5.65. The molecule has 0 fully saturated rings. The molecule has 5 heteroatoms. The quantitative estimate of drug-likeness (QED) is 0.837. The Labute approximate surface area is 128 Å². The van der Waals surface area contributed by atoms with Crippen LogP contribution in [0.25, 0.3) is 0 Å². The fourth-order valence-corrected chi connectivity index (χ4v) is 2.42. The third-order valence-corrected chi connectivity index (χ3v) is 3.42. The Morgan fingerprint density at radius 1 is 1.35 bits per heavy atom. The van der Waals surface area contributed by atoms with Crippen molar-refractivity contribution in [1.29, 1.82) is 0 Å². The Bertz CT molecular complexity index is 500. The van der Waals surface area contributed by atoms with Gasteiger partial charge in [0.05, 0.1) is 7.11 Å². The number of carbonyl (C=O) groups is 2. The summed E-state index contributed by atoms with van der Waals surface area (Å²) in [4.78, 5) is 24.0. The van der Waals surface area contributed by atoms with Crippen LogP contribution in [0.2, 0.25) is 0 Å². The summed E-state index contributed by atoms with van der Waals surface area (Å²) in [5, 5.41) is 2.75. The Morgan fingerprint density at radius 3 is 2.50 bits per heavy atom. The molecular weight excluding hydrogens is 322 g/mol. The molecule has 0 heterocycles. The van der Waals surface area contributed by atoms with Crippen molar-refractivity contribution < 1.29 is 14.3 Å². The molecule has 4 nitrogen and oxygen atoms in total. The van der Waals surface area contributed by atoms with Crippen molar-refractivity contribution in [3.8, 4) is 0 Å². The average molecular weight is 342 g/mol. The van der Waals surface area contributed by atoms with Gasteiger partial charge in [0.25, 0.3) is 5.91 Å². The number of esters is 1. The minimum atomic E-state index is -0.615. The second-order valence-electron chi connectivity index (χ2n) is 5.14. The number of aryl methyl sites for hydroxylation is 1. The van der Waals surface area contributed by atoms with E-state index < -0.39 is 12.0 Å². The number of benzene rings is 1. The van der Waals surface area contributed by atoms with Crippen LogP contribution in [0.3, 0.4) is 0 Å². The van der Waals surface area contributed by atoms with E-state index in [9.17, 15) is 9.59 Å². The van der Waals surface area contributed by atoms with E-state index in [1.165, 1.54) is 7.11 Å². The van der Waals surface area contributed by atoms with E-state index in [-0.39, 0.29) is 11.8 Å². The summed E-state index contributed by atoms with van der Waals surface area (Å²) in [7, 11) is 1.33. The van der Waals surface area contributed by atoms with Gasteiger partial charge in [0.15, 0.2) is 0 Å². The highest BCUT2D eigenvalue weighted by atomic mass is 79.9. The van der Waals surface area contributed by atoms with Crippen LogP contribution in [0.1, 0.15) is 36.2 Å². The van der Waals surface area contributed by atoms with E-state index in [0.717, 1.165) is 10.0 Å². The molecule has 1 unspecified atom stereocenters. The first kappa shape index (κ1) is 16.7. The topological polar surface area (TPSA) is 55.4 Å². The maximum absolute atomic E-state index is 12.3. The van der Waals surface area contributed by atoms with Crippen molar-refractivity contribution in [2.24, 2.45) is 5.92 Å². The zero-order valence-corrected chi connectivity index (χ0v) is 13.8. The number of hydrogen-bond donors (Lipinski definition) is 1. The fraction of sp³-hybridized carbons (Fsp3) is 0.467. The monoisotopic (exact) mass is 341 g/mol. The minimum Gasteiger partial charge on any atom is -0.467 e. The maximum Gasteiger partial charge on any atom is 0.328 e. The zero-order valence-electron chi connectivity index (χ0n) is 12.2. The van der Waals surface area contributed by atoms with Crippen molar-refractivity contribution in [3.63, 3.8) is 0 Å². The van der Waals surface area contributed by atoms with Crippen LogP contribution < -0.4 is 5.32 Å². The number of hydrogen-bond acceptors (Lipinski definition) is 3. The number of ether oxygens (including phenoxy) is 1. The molecule has 1 aromatic rings. The van der Waals surface area contributed by atoms with Crippen LogP contribution in [0.15, 0.2) is 22.7 Å². The summed E-state index contributed by atoms with van der Waals surface area (Å²) in [6.07, 6.45) is 0.550. The van der Waals surface area contributed by atoms with Gasteiger partial charge >= 0.3 is 5.97 Å². The van der Waals surface area contributed by atoms with E-state index in [2.05, 4.69) is 21.2 Å². The number of nitrogens with one attached hydrogen (secondary N) is 1. The molecule has 110 valence electrons. The van der Waals surface area contributed by atoms with Crippen molar-refractivity contribution in [3.05, 3.63) is 33.8 Å². The fourth-order valence-electron chi connectivity index (χ4n) is 1.95. The summed E-state index contributed by atoms with van der Waals surface area (Å²) in [6.45, 7) is 5.84. The third-order valence-electron chi connectivity index (χ3n) is 2.93. The van der Waals surface area contributed by atoms with Crippen LogP contribution in [-0.2, 0) is 9.53 Å². The predicted molar refractivity (Wildman–Crippen MR) is 81.6 cm³/mol. The second-order valence-corrected chi connectivity index (χ2v) is 6.05. The number of halogens is 1. The smallest absolute Gasteiger partial charge is 0.328 e. The lowest BCUT2D eigenvalue weighted by Gasteiger charge is -2.19. The van der Waals surface area contributed by atoms with Gasteiger partial charge in [-0.05, 0) is 43.0 Å². The normalized spacial score (nSPS) is 12.1. The van der Waals surface area contributed by atoms with Gasteiger partial charge in [0.2, 0.25) is 0 Å². The van der Waals surface area contributed by atoms with E-state index in [0.29, 0.717) is 12.0 Å². The summed E-state index contributed by atoms with van der Waals surface area (Å²) in [5.74, 6) is -0.390. The highest BCUT2D eigenvalue weighted by molar-refractivity contribution is 9.10. The Kier molecular flexibility index (Phi) is 6.20. The van der Waals surface area contributed by atoms with Crippen LogP contribution in [0.5, 0.6) is 0 Å². The molecule has 1 atom stereocenters. The van der Waals surface area contributed by atoms with Gasteiger partial charge in [-0.2, -0.15) is 0 Å². The highest BCUT2D eigenvalue weighted by Crippen LogP contribution is 2.16. The standard InChI is InChI=1S/C15H20BrNO3/c1-9(2)7-13(15(19)20-4)17-14(18)12-6-5-11(16)8-10(12)3/h5-6,8-9,13H,7H2,1-4H3,(H,17,18). The minimum absolute atomic E-state index is 0.258. The maximum atomic E-state index is 12.3. The molecule has 1 N–H and O–H groups in total. The number of methoxy groups -OCH3 is 1. The molecule has 1 rings (SSSR count). The van der Waals surface area contributed by atoms with Gasteiger partial charge in [-0.25, -0.2) is 4.79 Å². The lowest BCUT2D eigenvalue weighted by atomic mass is 10.0. The lowest BCUT2D eigenvalue weighted by Crippen LogP contribution is -2.42. The number of carbonyl (C=O) groups excluding carboxylic acids is 2.